The second-order valence-corrected chi connectivity index (χ2v) is 5.65. The molecule has 0 aliphatic carbocycles. The van der Waals surface area contributed by atoms with Crippen molar-refractivity contribution < 1.29 is 0 Å². The van der Waals surface area contributed by atoms with Gasteiger partial charge in [-0.1, -0.05) is 0 Å². The van der Waals surface area contributed by atoms with E-state index in [1.807, 2.05) is 11.7 Å². The molecule has 3 rings (SSSR count). The molecular formula is C13H23ClN4. The lowest BCUT2D eigenvalue weighted by Crippen LogP contribution is -2.25. The number of hydrogen-bond acceptors (Lipinski definition) is 3. The summed E-state index contributed by atoms with van der Waals surface area (Å²) in [6, 6.07) is 0. The van der Waals surface area contributed by atoms with Crippen LogP contribution in [0.4, 0.5) is 0 Å². The van der Waals surface area contributed by atoms with Crippen molar-refractivity contribution in [3.63, 3.8) is 0 Å². The third-order valence-corrected chi connectivity index (χ3v) is 4.51. The zero-order valence-electron chi connectivity index (χ0n) is 11.4. The summed E-state index contributed by atoms with van der Waals surface area (Å²) < 4.78 is 2.00. The average molecular weight is 271 g/mol. The summed E-state index contributed by atoms with van der Waals surface area (Å²) in [5, 5.41) is 7.99. The van der Waals surface area contributed by atoms with E-state index in [9.17, 15) is 0 Å². The van der Waals surface area contributed by atoms with E-state index in [0.717, 1.165) is 18.4 Å². The van der Waals surface area contributed by atoms with Crippen LogP contribution in [0.25, 0.3) is 0 Å². The van der Waals surface area contributed by atoms with Crippen LogP contribution in [0.3, 0.4) is 0 Å². The first kappa shape index (κ1) is 13.8. The maximum absolute atomic E-state index is 4.50. The fraction of sp³-hybridized carbons (Fsp3) is 0.769. The molecule has 3 heterocycles. The highest BCUT2D eigenvalue weighted by atomic mass is 35.5. The van der Waals surface area contributed by atoms with Crippen molar-refractivity contribution in [3.8, 4) is 0 Å². The molecule has 4 nitrogen and oxygen atoms in total. The van der Waals surface area contributed by atoms with Crippen LogP contribution in [0.2, 0.25) is 0 Å². The molecule has 0 bridgehead atoms. The molecule has 0 unspecified atom stereocenters. The molecule has 0 aromatic carbocycles. The first-order valence-corrected chi connectivity index (χ1v) is 6.57. The summed E-state index contributed by atoms with van der Waals surface area (Å²) >= 11 is 0. The van der Waals surface area contributed by atoms with Gasteiger partial charge < -0.3 is 5.32 Å². The molecule has 0 saturated carbocycles. The maximum atomic E-state index is 4.50. The predicted octanol–water partition coefficient (Wildman–Crippen LogP) is 1.11. The quantitative estimate of drug-likeness (QED) is 0.874. The minimum atomic E-state index is 0. The summed E-state index contributed by atoms with van der Waals surface area (Å²) in [6.07, 6.45) is 0. The van der Waals surface area contributed by atoms with Gasteiger partial charge in [0.1, 0.15) is 0 Å². The van der Waals surface area contributed by atoms with Crippen LogP contribution in [-0.4, -0.2) is 40.9 Å². The van der Waals surface area contributed by atoms with Crippen LogP contribution in [0.15, 0.2) is 0 Å². The highest BCUT2D eigenvalue weighted by Gasteiger charge is 2.36. The largest absolute Gasteiger partial charge is 0.316 e. The van der Waals surface area contributed by atoms with Gasteiger partial charge in [-0.25, -0.2) is 0 Å². The van der Waals surface area contributed by atoms with Crippen LogP contribution in [-0.2, 0) is 13.6 Å². The SMILES string of the molecule is Cc1nn(C)c(C)c1CN1C[C@H]2CNC[C@H]2C1.Cl. The Kier molecular flexibility index (Phi) is 3.99. The predicted molar refractivity (Wildman–Crippen MR) is 75.1 cm³/mol. The van der Waals surface area contributed by atoms with Gasteiger partial charge in [0, 0.05) is 37.9 Å². The Hall–Kier alpha value is -0.580. The van der Waals surface area contributed by atoms with Crippen molar-refractivity contribution in [1.29, 1.82) is 0 Å². The van der Waals surface area contributed by atoms with Crippen molar-refractivity contribution in [3.05, 3.63) is 17.0 Å². The molecule has 0 radical (unpaired) electrons. The van der Waals surface area contributed by atoms with Gasteiger partial charge in [0.05, 0.1) is 5.69 Å². The van der Waals surface area contributed by atoms with Gasteiger partial charge in [-0.15, -0.1) is 12.4 Å². The third-order valence-electron chi connectivity index (χ3n) is 4.51. The highest BCUT2D eigenvalue weighted by molar-refractivity contribution is 5.85. The summed E-state index contributed by atoms with van der Waals surface area (Å²) in [7, 11) is 2.04. The van der Waals surface area contributed by atoms with E-state index in [-0.39, 0.29) is 12.4 Å². The van der Waals surface area contributed by atoms with E-state index in [1.165, 1.54) is 43.1 Å². The van der Waals surface area contributed by atoms with E-state index in [0.29, 0.717) is 0 Å². The normalized spacial score (nSPS) is 27.3. The monoisotopic (exact) mass is 270 g/mol. The minimum Gasteiger partial charge on any atom is -0.316 e. The van der Waals surface area contributed by atoms with Crippen molar-refractivity contribution in [1.82, 2.24) is 20.0 Å². The van der Waals surface area contributed by atoms with Gasteiger partial charge in [-0.05, 0) is 38.8 Å². The van der Waals surface area contributed by atoms with Gasteiger partial charge >= 0.3 is 0 Å². The zero-order valence-corrected chi connectivity index (χ0v) is 12.3. The van der Waals surface area contributed by atoms with Crippen molar-refractivity contribution >= 4 is 12.4 Å². The lowest BCUT2D eigenvalue weighted by Gasteiger charge is -2.17. The van der Waals surface area contributed by atoms with E-state index in [4.69, 9.17) is 0 Å². The Balaban J connectivity index is 0.00000120. The Morgan fingerprint density at radius 1 is 1.22 bits per heavy atom. The van der Waals surface area contributed by atoms with E-state index in [1.54, 1.807) is 0 Å². The molecule has 2 aliphatic rings. The molecule has 0 spiro atoms. The van der Waals surface area contributed by atoms with E-state index < -0.39 is 0 Å². The second kappa shape index (κ2) is 5.19. The number of halogens is 1. The number of aryl methyl sites for hydroxylation is 2. The lowest BCUT2D eigenvalue weighted by molar-refractivity contribution is 0.304. The molecular weight excluding hydrogens is 248 g/mol. The molecule has 1 aromatic rings. The van der Waals surface area contributed by atoms with Gasteiger partial charge in [0.2, 0.25) is 0 Å². The van der Waals surface area contributed by atoms with Crippen molar-refractivity contribution in [2.24, 2.45) is 18.9 Å². The van der Waals surface area contributed by atoms with Gasteiger partial charge in [0.25, 0.3) is 0 Å². The first-order valence-electron chi connectivity index (χ1n) is 6.57. The Labute approximate surface area is 115 Å². The van der Waals surface area contributed by atoms with Crippen LogP contribution < -0.4 is 5.32 Å². The van der Waals surface area contributed by atoms with Crippen molar-refractivity contribution in [2.75, 3.05) is 26.2 Å². The Bertz CT molecular complexity index is 417. The number of hydrogen-bond donors (Lipinski definition) is 1. The van der Waals surface area contributed by atoms with Gasteiger partial charge in [0.15, 0.2) is 0 Å². The zero-order chi connectivity index (χ0) is 12.0. The average Bonchev–Trinajstić information content (AvgIpc) is 2.89. The Morgan fingerprint density at radius 3 is 2.33 bits per heavy atom. The number of aromatic nitrogens is 2. The van der Waals surface area contributed by atoms with E-state index in [2.05, 4.69) is 29.2 Å². The molecule has 2 aliphatic heterocycles. The van der Waals surface area contributed by atoms with Crippen LogP contribution >= 0.6 is 12.4 Å². The number of nitrogens with one attached hydrogen (secondary N) is 1. The molecule has 2 atom stereocenters. The van der Waals surface area contributed by atoms with Crippen LogP contribution in [0.1, 0.15) is 17.0 Å². The molecule has 0 amide bonds. The highest BCUT2D eigenvalue weighted by Crippen LogP contribution is 2.28. The number of fused-ring (bicyclic) bond motifs is 1. The smallest absolute Gasteiger partial charge is 0.0641 e. The van der Waals surface area contributed by atoms with Crippen LogP contribution in [0.5, 0.6) is 0 Å². The molecule has 1 N–H and O–H groups in total. The molecule has 2 fully saturated rings. The fourth-order valence-electron chi connectivity index (χ4n) is 3.35. The summed E-state index contributed by atoms with van der Waals surface area (Å²) in [6.45, 7) is 10.3. The molecule has 18 heavy (non-hydrogen) atoms. The number of likely N-dealkylation sites (tertiary alicyclic amines) is 1. The standard InChI is InChI=1S/C13H22N4.ClH/c1-9-13(10(2)16(3)15-9)8-17-6-11-4-14-5-12(11)7-17;/h11-12,14H,4-8H2,1-3H3;1H/t11-,12+;. The summed E-state index contributed by atoms with van der Waals surface area (Å²) in [5.41, 5.74) is 3.94. The molecule has 1 aromatic heterocycles. The first-order chi connectivity index (χ1) is 8.15. The topological polar surface area (TPSA) is 33.1 Å². The molecule has 5 heteroatoms. The fourth-order valence-corrected chi connectivity index (χ4v) is 3.35. The molecule has 2 saturated heterocycles. The van der Waals surface area contributed by atoms with Crippen LogP contribution in [0, 0.1) is 25.7 Å². The summed E-state index contributed by atoms with van der Waals surface area (Å²) in [5.74, 6) is 1.76. The van der Waals surface area contributed by atoms with Gasteiger partial charge in [-0.2, -0.15) is 5.10 Å². The third kappa shape index (κ3) is 2.29. The lowest BCUT2D eigenvalue weighted by atomic mass is 10.0. The minimum absolute atomic E-state index is 0. The summed E-state index contributed by atoms with van der Waals surface area (Å²) in [4.78, 5) is 2.60. The van der Waals surface area contributed by atoms with Crippen molar-refractivity contribution in [2.45, 2.75) is 20.4 Å². The maximum Gasteiger partial charge on any atom is 0.0641 e. The number of rotatable bonds is 2. The van der Waals surface area contributed by atoms with E-state index >= 15 is 0 Å². The van der Waals surface area contributed by atoms with Gasteiger partial charge in [-0.3, -0.25) is 9.58 Å². The Morgan fingerprint density at radius 2 is 1.83 bits per heavy atom. The number of nitrogens with zero attached hydrogens (tertiary/aromatic N) is 3. The second-order valence-electron chi connectivity index (χ2n) is 5.65. The molecule has 102 valence electrons.